The van der Waals surface area contributed by atoms with Crippen molar-refractivity contribution in [3.63, 3.8) is 0 Å². The fourth-order valence-electron chi connectivity index (χ4n) is 2.60. The van der Waals surface area contributed by atoms with E-state index in [2.05, 4.69) is 29.6 Å². The van der Waals surface area contributed by atoms with Crippen molar-refractivity contribution in [2.75, 3.05) is 0 Å². The molecule has 0 unspecified atom stereocenters. The predicted octanol–water partition coefficient (Wildman–Crippen LogP) is 3.50. The molecular formula is C16H17ClFN. The van der Waals surface area contributed by atoms with Gasteiger partial charge in [0.1, 0.15) is 5.82 Å². The molecule has 1 aliphatic rings. The highest BCUT2D eigenvalue weighted by Crippen LogP contribution is 2.22. The van der Waals surface area contributed by atoms with Gasteiger partial charge in [-0.25, -0.2) is 4.39 Å². The number of rotatable bonds is 3. The maximum Gasteiger partial charge on any atom is 0.127 e. The van der Waals surface area contributed by atoms with Crippen LogP contribution in [0.25, 0.3) is 0 Å². The second-order valence-corrected chi connectivity index (χ2v) is 4.85. The van der Waals surface area contributed by atoms with Gasteiger partial charge in [-0.15, -0.1) is 12.4 Å². The molecule has 0 saturated heterocycles. The van der Waals surface area contributed by atoms with Crippen molar-refractivity contribution in [2.45, 2.75) is 25.4 Å². The summed E-state index contributed by atoms with van der Waals surface area (Å²) in [6.45, 7) is 0.603. The lowest BCUT2D eigenvalue weighted by atomic mass is 10.1. The molecule has 0 aromatic heterocycles. The molecule has 0 atom stereocenters. The van der Waals surface area contributed by atoms with Gasteiger partial charge in [0.25, 0.3) is 0 Å². The standard InChI is InChI=1S/C16H16FN.ClH/c17-16-8-4-3-7-14(16)11-18-15-9-12-5-1-2-6-13(12)10-15;/h1-8,15,18H,9-11H2;1H. The monoisotopic (exact) mass is 277 g/mol. The van der Waals surface area contributed by atoms with Crippen LogP contribution in [0.3, 0.4) is 0 Å². The Labute approximate surface area is 119 Å². The summed E-state index contributed by atoms with van der Waals surface area (Å²) >= 11 is 0. The Morgan fingerprint density at radius 2 is 1.53 bits per heavy atom. The second-order valence-electron chi connectivity index (χ2n) is 4.85. The van der Waals surface area contributed by atoms with Crippen molar-refractivity contribution in [3.05, 3.63) is 71.0 Å². The topological polar surface area (TPSA) is 12.0 Å². The molecule has 1 nitrogen and oxygen atoms in total. The van der Waals surface area contributed by atoms with E-state index in [4.69, 9.17) is 0 Å². The Balaban J connectivity index is 0.00000133. The average Bonchev–Trinajstić information content (AvgIpc) is 2.80. The van der Waals surface area contributed by atoms with Crippen LogP contribution in [0.1, 0.15) is 16.7 Å². The van der Waals surface area contributed by atoms with Crippen molar-refractivity contribution in [1.29, 1.82) is 0 Å². The Kier molecular flexibility index (Phi) is 4.56. The van der Waals surface area contributed by atoms with E-state index in [0.29, 0.717) is 12.6 Å². The van der Waals surface area contributed by atoms with Gasteiger partial charge in [0.2, 0.25) is 0 Å². The highest BCUT2D eigenvalue weighted by atomic mass is 35.5. The van der Waals surface area contributed by atoms with Gasteiger partial charge in [-0.3, -0.25) is 0 Å². The Bertz CT molecular complexity index is 531. The zero-order valence-corrected chi connectivity index (χ0v) is 11.4. The molecule has 100 valence electrons. The van der Waals surface area contributed by atoms with Gasteiger partial charge in [-0.05, 0) is 30.0 Å². The molecule has 0 aliphatic heterocycles. The van der Waals surface area contributed by atoms with E-state index < -0.39 is 0 Å². The molecule has 0 saturated carbocycles. The minimum Gasteiger partial charge on any atom is -0.309 e. The lowest BCUT2D eigenvalue weighted by Crippen LogP contribution is -2.29. The molecule has 3 heteroatoms. The zero-order chi connectivity index (χ0) is 12.4. The van der Waals surface area contributed by atoms with Crippen molar-refractivity contribution in [3.8, 4) is 0 Å². The van der Waals surface area contributed by atoms with E-state index in [1.165, 1.54) is 17.2 Å². The zero-order valence-electron chi connectivity index (χ0n) is 10.6. The van der Waals surface area contributed by atoms with Crippen molar-refractivity contribution in [1.82, 2.24) is 5.32 Å². The van der Waals surface area contributed by atoms with Crippen LogP contribution in [0.5, 0.6) is 0 Å². The second kappa shape index (κ2) is 6.18. The van der Waals surface area contributed by atoms with E-state index in [9.17, 15) is 4.39 Å². The molecule has 2 aromatic rings. The van der Waals surface area contributed by atoms with E-state index in [1.54, 1.807) is 6.07 Å². The summed E-state index contributed by atoms with van der Waals surface area (Å²) in [6.07, 6.45) is 2.09. The summed E-state index contributed by atoms with van der Waals surface area (Å²) in [5, 5.41) is 3.45. The number of fused-ring (bicyclic) bond motifs is 1. The molecule has 3 rings (SSSR count). The molecular weight excluding hydrogens is 261 g/mol. The van der Waals surface area contributed by atoms with Crippen LogP contribution in [-0.4, -0.2) is 6.04 Å². The summed E-state index contributed by atoms with van der Waals surface area (Å²) in [6, 6.07) is 15.9. The largest absolute Gasteiger partial charge is 0.309 e. The summed E-state index contributed by atoms with van der Waals surface area (Å²) < 4.78 is 13.5. The van der Waals surface area contributed by atoms with Gasteiger partial charge in [-0.2, -0.15) is 0 Å². The van der Waals surface area contributed by atoms with Gasteiger partial charge in [0.15, 0.2) is 0 Å². The first kappa shape index (κ1) is 14.0. The molecule has 1 N–H and O–H groups in total. The van der Waals surface area contributed by atoms with Gasteiger partial charge >= 0.3 is 0 Å². The number of benzene rings is 2. The number of hydrogen-bond donors (Lipinski definition) is 1. The normalized spacial score (nSPS) is 13.9. The Morgan fingerprint density at radius 3 is 2.16 bits per heavy atom. The average molecular weight is 278 g/mol. The van der Waals surface area contributed by atoms with E-state index in [1.807, 2.05) is 12.1 Å². The first-order valence-electron chi connectivity index (χ1n) is 6.36. The first-order chi connectivity index (χ1) is 8.83. The number of hydrogen-bond acceptors (Lipinski definition) is 1. The van der Waals surface area contributed by atoms with Crippen LogP contribution in [0.2, 0.25) is 0 Å². The van der Waals surface area contributed by atoms with Crippen molar-refractivity contribution in [2.24, 2.45) is 0 Å². The predicted molar refractivity (Wildman–Crippen MR) is 78.1 cm³/mol. The van der Waals surface area contributed by atoms with Crippen LogP contribution in [-0.2, 0) is 19.4 Å². The molecule has 0 radical (unpaired) electrons. The van der Waals surface area contributed by atoms with E-state index in [0.717, 1.165) is 18.4 Å². The molecule has 0 spiro atoms. The minimum atomic E-state index is -0.125. The van der Waals surface area contributed by atoms with Gasteiger partial charge in [-0.1, -0.05) is 42.5 Å². The third kappa shape index (κ3) is 3.14. The van der Waals surface area contributed by atoms with Crippen molar-refractivity contribution < 1.29 is 4.39 Å². The summed E-state index contributed by atoms with van der Waals surface area (Å²) in [4.78, 5) is 0. The highest BCUT2D eigenvalue weighted by molar-refractivity contribution is 5.85. The third-order valence-corrected chi connectivity index (χ3v) is 3.59. The minimum absolute atomic E-state index is 0. The number of halogens is 2. The Hall–Kier alpha value is -1.38. The maximum absolute atomic E-state index is 13.5. The molecule has 0 amide bonds. The summed E-state index contributed by atoms with van der Waals surface area (Å²) in [5.74, 6) is -0.125. The first-order valence-corrected chi connectivity index (χ1v) is 6.36. The molecule has 1 aliphatic carbocycles. The summed E-state index contributed by atoms with van der Waals surface area (Å²) in [7, 11) is 0. The van der Waals surface area contributed by atoms with Gasteiger partial charge < -0.3 is 5.32 Å². The quantitative estimate of drug-likeness (QED) is 0.905. The highest BCUT2D eigenvalue weighted by Gasteiger charge is 2.20. The van der Waals surface area contributed by atoms with Crippen molar-refractivity contribution >= 4 is 12.4 Å². The van der Waals surface area contributed by atoms with Crippen LogP contribution < -0.4 is 5.32 Å². The fraction of sp³-hybridized carbons (Fsp3) is 0.250. The molecule has 19 heavy (non-hydrogen) atoms. The SMILES string of the molecule is Cl.Fc1ccccc1CNC1Cc2ccccc2C1. The van der Waals surface area contributed by atoms with E-state index in [-0.39, 0.29) is 18.2 Å². The maximum atomic E-state index is 13.5. The smallest absolute Gasteiger partial charge is 0.127 e. The van der Waals surface area contributed by atoms with Crippen LogP contribution in [0.15, 0.2) is 48.5 Å². The fourth-order valence-corrected chi connectivity index (χ4v) is 2.60. The molecule has 0 heterocycles. The Morgan fingerprint density at radius 1 is 0.947 bits per heavy atom. The van der Waals surface area contributed by atoms with E-state index >= 15 is 0 Å². The van der Waals surface area contributed by atoms with Crippen LogP contribution >= 0.6 is 12.4 Å². The van der Waals surface area contributed by atoms with Crippen LogP contribution in [0.4, 0.5) is 4.39 Å². The van der Waals surface area contributed by atoms with Crippen LogP contribution in [0, 0.1) is 5.82 Å². The molecule has 2 aromatic carbocycles. The summed E-state index contributed by atoms with van der Waals surface area (Å²) in [5.41, 5.74) is 3.58. The molecule has 0 fully saturated rings. The van der Waals surface area contributed by atoms with Gasteiger partial charge in [0.05, 0.1) is 0 Å². The third-order valence-electron chi connectivity index (χ3n) is 3.59. The van der Waals surface area contributed by atoms with Gasteiger partial charge in [0, 0.05) is 18.2 Å². The molecule has 0 bridgehead atoms. The lowest BCUT2D eigenvalue weighted by molar-refractivity contribution is 0.515. The lowest BCUT2D eigenvalue weighted by Gasteiger charge is -2.12. The number of nitrogens with one attached hydrogen (secondary N) is 1.